The highest BCUT2D eigenvalue weighted by atomic mass is 14.3. The molecule has 0 aliphatic rings. The summed E-state index contributed by atoms with van der Waals surface area (Å²) in [5.41, 5.74) is 0. The molecule has 0 N–H and O–H groups in total. The summed E-state index contributed by atoms with van der Waals surface area (Å²) < 4.78 is 0. The van der Waals surface area contributed by atoms with Gasteiger partial charge in [-0.2, -0.15) is 5.26 Å². The smallest absolute Gasteiger partial charge is 0.0655 e. The quantitative estimate of drug-likeness (QED) is 0.568. The second-order valence-corrected chi connectivity index (χ2v) is 2.86. The van der Waals surface area contributed by atoms with Crippen molar-refractivity contribution >= 4 is 0 Å². The van der Waals surface area contributed by atoms with Gasteiger partial charge in [-0.3, -0.25) is 0 Å². The maximum Gasteiger partial charge on any atom is 0.0655 e. The Morgan fingerprint density at radius 2 is 2.00 bits per heavy atom. The van der Waals surface area contributed by atoms with Gasteiger partial charge in [0.1, 0.15) is 0 Å². The third-order valence-electron chi connectivity index (χ3n) is 1.43. The molecule has 0 saturated heterocycles. The second kappa shape index (κ2) is 4.38. The summed E-state index contributed by atoms with van der Waals surface area (Å²) in [6, 6.07) is 2.28. The van der Waals surface area contributed by atoms with Crippen molar-refractivity contribution in [2.45, 2.75) is 33.6 Å². The summed E-state index contributed by atoms with van der Waals surface area (Å²) in [4.78, 5) is 0. The molecule has 0 aromatic carbocycles. The van der Waals surface area contributed by atoms with E-state index in [1.165, 1.54) is 0 Å². The molecule has 0 aliphatic heterocycles. The number of hydrogen-bond donors (Lipinski definition) is 0. The highest BCUT2D eigenvalue weighted by Gasteiger charge is 2.05. The van der Waals surface area contributed by atoms with Crippen molar-refractivity contribution < 1.29 is 0 Å². The molecule has 0 unspecified atom stereocenters. The summed E-state index contributed by atoms with van der Waals surface area (Å²) >= 11 is 0. The van der Waals surface area contributed by atoms with Crippen molar-refractivity contribution in [1.82, 2.24) is 0 Å². The molecule has 0 aromatic rings. The van der Waals surface area contributed by atoms with E-state index in [2.05, 4.69) is 26.8 Å². The highest BCUT2D eigenvalue weighted by molar-refractivity contribution is 4.81. The minimum absolute atomic E-state index is 0.282. The molecule has 0 aromatic heterocycles. The van der Waals surface area contributed by atoms with Crippen LogP contribution < -0.4 is 0 Å². The van der Waals surface area contributed by atoms with E-state index in [1.54, 1.807) is 0 Å². The van der Waals surface area contributed by atoms with Crippen LogP contribution in [0.1, 0.15) is 33.6 Å². The van der Waals surface area contributed by atoms with E-state index < -0.39 is 0 Å². The van der Waals surface area contributed by atoms with E-state index in [4.69, 9.17) is 5.26 Å². The maximum absolute atomic E-state index is 8.52. The van der Waals surface area contributed by atoms with Crippen LogP contribution >= 0.6 is 0 Å². The Labute approximate surface area is 57.7 Å². The summed E-state index contributed by atoms with van der Waals surface area (Å²) in [6.45, 7) is 6.37. The van der Waals surface area contributed by atoms with E-state index in [0.29, 0.717) is 5.92 Å². The molecule has 0 aliphatic carbocycles. The molecule has 0 bridgehead atoms. The van der Waals surface area contributed by atoms with Crippen molar-refractivity contribution in [3.8, 4) is 6.07 Å². The summed E-state index contributed by atoms with van der Waals surface area (Å²) in [5, 5.41) is 8.52. The van der Waals surface area contributed by atoms with Gasteiger partial charge in [-0.1, -0.05) is 20.8 Å². The predicted molar refractivity (Wildman–Crippen MR) is 38.8 cm³/mol. The van der Waals surface area contributed by atoms with Crippen LogP contribution in [0.25, 0.3) is 0 Å². The number of nitriles is 1. The van der Waals surface area contributed by atoms with Gasteiger partial charge in [0.25, 0.3) is 0 Å². The van der Waals surface area contributed by atoms with Gasteiger partial charge in [-0.15, -0.1) is 0 Å². The first-order valence-corrected chi connectivity index (χ1v) is 3.60. The van der Waals surface area contributed by atoms with Crippen molar-refractivity contribution in [2.75, 3.05) is 0 Å². The zero-order valence-electron chi connectivity index (χ0n) is 6.52. The maximum atomic E-state index is 8.52. The molecule has 0 spiro atoms. The third kappa shape index (κ3) is 4.02. The molecule has 52 valence electrons. The predicted octanol–water partition coefficient (Wildman–Crippen LogP) is 2.58. The Morgan fingerprint density at radius 1 is 1.44 bits per heavy atom. The van der Waals surface area contributed by atoms with Crippen LogP contribution in [0.15, 0.2) is 0 Å². The molecule has 0 fully saturated rings. The average molecular weight is 125 g/mol. The molecular weight excluding hydrogens is 110 g/mol. The topological polar surface area (TPSA) is 23.8 Å². The van der Waals surface area contributed by atoms with E-state index >= 15 is 0 Å². The Hall–Kier alpha value is -0.510. The lowest BCUT2D eigenvalue weighted by molar-refractivity contribution is 0.473. The zero-order valence-corrected chi connectivity index (χ0v) is 6.52. The molecule has 1 nitrogen and oxygen atoms in total. The lowest BCUT2D eigenvalue weighted by Gasteiger charge is -2.07. The van der Waals surface area contributed by atoms with Crippen LogP contribution in [0, 0.1) is 23.2 Å². The summed E-state index contributed by atoms with van der Waals surface area (Å²) in [5.74, 6) is 0.944. The van der Waals surface area contributed by atoms with Crippen LogP contribution in [0.5, 0.6) is 0 Å². The van der Waals surface area contributed by atoms with Gasteiger partial charge in [-0.25, -0.2) is 0 Å². The second-order valence-electron chi connectivity index (χ2n) is 2.86. The fourth-order valence-electron chi connectivity index (χ4n) is 0.880. The van der Waals surface area contributed by atoms with Gasteiger partial charge >= 0.3 is 0 Å². The molecule has 0 saturated carbocycles. The molecule has 0 radical (unpaired) electrons. The lowest BCUT2D eigenvalue weighted by atomic mass is 9.96. The first kappa shape index (κ1) is 8.49. The van der Waals surface area contributed by atoms with Crippen LogP contribution in [0.4, 0.5) is 0 Å². The first-order valence-electron chi connectivity index (χ1n) is 3.60. The average Bonchev–Trinajstić information content (AvgIpc) is 1.82. The van der Waals surface area contributed by atoms with Crippen LogP contribution in [-0.4, -0.2) is 0 Å². The van der Waals surface area contributed by atoms with Gasteiger partial charge in [0.2, 0.25) is 0 Å². The van der Waals surface area contributed by atoms with Crippen LogP contribution in [-0.2, 0) is 0 Å². The summed E-state index contributed by atoms with van der Waals surface area (Å²) in [7, 11) is 0. The van der Waals surface area contributed by atoms with E-state index in [-0.39, 0.29) is 5.92 Å². The van der Waals surface area contributed by atoms with Gasteiger partial charge in [-0.05, 0) is 18.8 Å². The minimum Gasteiger partial charge on any atom is -0.198 e. The largest absolute Gasteiger partial charge is 0.198 e. The van der Waals surface area contributed by atoms with Crippen molar-refractivity contribution in [3.05, 3.63) is 0 Å². The number of rotatable bonds is 3. The van der Waals surface area contributed by atoms with Gasteiger partial charge in [0.15, 0.2) is 0 Å². The zero-order chi connectivity index (χ0) is 7.28. The SMILES string of the molecule is CC[C@@H](C#N)CC(C)C. The summed E-state index contributed by atoms with van der Waals surface area (Å²) in [6.07, 6.45) is 2.04. The Morgan fingerprint density at radius 3 is 2.11 bits per heavy atom. The van der Waals surface area contributed by atoms with Gasteiger partial charge < -0.3 is 0 Å². The molecule has 9 heavy (non-hydrogen) atoms. The molecule has 0 rings (SSSR count). The molecular formula is C8H15N. The monoisotopic (exact) mass is 125 g/mol. The molecule has 0 amide bonds. The number of nitrogens with zero attached hydrogens (tertiary/aromatic N) is 1. The number of hydrogen-bond acceptors (Lipinski definition) is 1. The molecule has 1 atom stereocenters. The van der Waals surface area contributed by atoms with Crippen LogP contribution in [0.3, 0.4) is 0 Å². The van der Waals surface area contributed by atoms with Gasteiger partial charge in [0.05, 0.1) is 6.07 Å². The Bertz CT molecular complexity index is 99.6. The van der Waals surface area contributed by atoms with E-state index in [9.17, 15) is 0 Å². The van der Waals surface area contributed by atoms with E-state index in [1.807, 2.05) is 0 Å². The lowest BCUT2D eigenvalue weighted by Crippen LogP contribution is -1.99. The fourth-order valence-corrected chi connectivity index (χ4v) is 0.880. The Balaban J connectivity index is 3.47. The normalized spacial score (nSPS) is 13.2. The third-order valence-corrected chi connectivity index (χ3v) is 1.43. The van der Waals surface area contributed by atoms with Crippen LogP contribution in [0.2, 0.25) is 0 Å². The molecule has 1 heteroatoms. The van der Waals surface area contributed by atoms with Crippen molar-refractivity contribution in [2.24, 2.45) is 11.8 Å². The Kier molecular flexibility index (Phi) is 4.13. The van der Waals surface area contributed by atoms with Gasteiger partial charge in [0, 0.05) is 5.92 Å². The first-order chi connectivity index (χ1) is 4.20. The van der Waals surface area contributed by atoms with Crippen molar-refractivity contribution in [3.63, 3.8) is 0 Å². The van der Waals surface area contributed by atoms with E-state index in [0.717, 1.165) is 12.8 Å². The van der Waals surface area contributed by atoms with Crippen molar-refractivity contribution in [1.29, 1.82) is 5.26 Å². The highest BCUT2D eigenvalue weighted by Crippen LogP contribution is 2.12. The minimum atomic E-state index is 0.282. The standard InChI is InChI=1S/C8H15N/c1-4-8(6-9)5-7(2)3/h7-8H,4-5H2,1-3H3/t8-/m1/s1. The fraction of sp³-hybridized carbons (Fsp3) is 0.875. The molecule has 0 heterocycles.